The molecule has 2 aromatic rings. The zero-order chi connectivity index (χ0) is 15.4. The van der Waals surface area contributed by atoms with Crippen molar-refractivity contribution < 1.29 is 9.66 Å². The van der Waals surface area contributed by atoms with Gasteiger partial charge < -0.3 is 10.1 Å². The lowest BCUT2D eigenvalue weighted by Gasteiger charge is -2.09. The molecule has 1 heterocycles. The summed E-state index contributed by atoms with van der Waals surface area (Å²) in [5, 5.41) is 14.2. The maximum absolute atomic E-state index is 11.1. The van der Waals surface area contributed by atoms with E-state index in [1.165, 1.54) is 18.3 Å². The Morgan fingerprint density at radius 2 is 2.24 bits per heavy atom. The number of hydrogen-bond donors (Lipinski definition) is 1. The SMILES string of the molecule is CCNc1ncc(Cl)c(Oc2ccc(C)cc2[N+](=O)[O-])n1. The Morgan fingerprint density at radius 1 is 1.48 bits per heavy atom. The molecule has 1 aromatic heterocycles. The van der Waals surface area contributed by atoms with E-state index in [1.807, 2.05) is 6.92 Å². The first kappa shape index (κ1) is 15.0. The molecule has 0 amide bonds. The van der Waals surface area contributed by atoms with Crippen LogP contribution in [-0.2, 0) is 0 Å². The topological polar surface area (TPSA) is 90.2 Å². The van der Waals surface area contributed by atoms with Gasteiger partial charge in [0.2, 0.25) is 17.6 Å². The van der Waals surface area contributed by atoms with E-state index in [1.54, 1.807) is 13.0 Å². The van der Waals surface area contributed by atoms with Crippen molar-refractivity contribution >= 4 is 23.2 Å². The fourth-order valence-electron chi connectivity index (χ4n) is 1.63. The second-order valence-corrected chi connectivity index (χ2v) is 4.61. The third-order valence-electron chi connectivity index (χ3n) is 2.56. The number of nitro benzene ring substituents is 1. The first-order chi connectivity index (χ1) is 10.0. The Bertz CT molecular complexity index is 678. The molecular weight excluding hydrogens is 296 g/mol. The number of aromatic nitrogens is 2. The average molecular weight is 309 g/mol. The highest BCUT2D eigenvalue weighted by Crippen LogP contribution is 2.34. The molecule has 21 heavy (non-hydrogen) atoms. The van der Waals surface area contributed by atoms with Crippen LogP contribution < -0.4 is 10.1 Å². The van der Waals surface area contributed by atoms with Crippen LogP contribution in [0.25, 0.3) is 0 Å². The van der Waals surface area contributed by atoms with Crippen LogP contribution in [0, 0.1) is 17.0 Å². The fourth-order valence-corrected chi connectivity index (χ4v) is 1.76. The number of ether oxygens (including phenoxy) is 1. The van der Waals surface area contributed by atoms with E-state index in [0.29, 0.717) is 12.5 Å². The zero-order valence-corrected chi connectivity index (χ0v) is 12.2. The minimum Gasteiger partial charge on any atom is -0.430 e. The van der Waals surface area contributed by atoms with Crippen LogP contribution in [-0.4, -0.2) is 21.4 Å². The third-order valence-corrected chi connectivity index (χ3v) is 2.82. The van der Waals surface area contributed by atoms with Crippen molar-refractivity contribution in [2.75, 3.05) is 11.9 Å². The normalized spacial score (nSPS) is 10.2. The van der Waals surface area contributed by atoms with Gasteiger partial charge in [0.05, 0.1) is 11.1 Å². The molecule has 0 unspecified atom stereocenters. The Morgan fingerprint density at radius 3 is 2.90 bits per heavy atom. The summed E-state index contributed by atoms with van der Waals surface area (Å²) in [6, 6.07) is 4.65. The zero-order valence-electron chi connectivity index (χ0n) is 11.5. The van der Waals surface area contributed by atoms with Crippen molar-refractivity contribution in [3.05, 3.63) is 45.1 Å². The highest BCUT2D eigenvalue weighted by Gasteiger charge is 2.18. The number of nitro groups is 1. The highest BCUT2D eigenvalue weighted by atomic mass is 35.5. The van der Waals surface area contributed by atoms with Gasteiger partial charge in [0.15, 0.2) is 0 Å². The monoisotopic (exact) mass is 308 g/mol. The summed E-state index contributed by atoms with van der Waals surface area (Å²) >= 11 is 5.96. The summed E-state index contributed by atoms with van der Waals surface area (Å²) in [5.74, 6) is 0.481. The van der Waals surface area contributed by atoms with Crippen molar-refractivity contribution in [1.82, 2.24) is 9.97 Å². The van der Waals surface area contributed by atoms with Crippen LogP contribution in [0.4, 0.5) is 11.6 Å². The second-order valence-electron chi connectivity index (χ2n) is 4.21. The minimum absolute atomic E-state index is 0.0644. The van der Waals surface area contributed by atoms with Gasteiger partial charge in [0, 0.05) is 12.6 Å². The van der Waals surface area contributed by atoms with Crippen molar-refractivity contribution in [3.8, 4) is 11.6 Å². The van der Waals surface area contributed by atoms with Gasteiger partial charge in [-0.15, -0.1) is 0 Å². The molecule has 1 N–H and O–H groups in total. The van der Waals surface area contributed by atoms with Crippen molar-refractivity contribution in [2.24, 2.45) is 0 Å². The number of benzene rings is 1. The van der Waals surface area contributed by atoms with Crippen LogP contribution in [0.3, 0.4) is 0 Å². The van der Waals surface area contributed by atoms with E-state index in [2.05, 4.69) is 15.3 Å². The van der Waals surface area contributed by atoms with Gasteiger partial charge in [0.25, 0.3) is 0 Å². The molecule has 8 heteroatoms. The number of halogens is 1. The molecule has 0 atom stereocenters. The molecule has 110 valence electrons. The molecule has 7 nitrogen and oxygen atoms in total. The van der Waals surface area contributed by atoms with Crippen molar-refractivity contribution in [3.63, 3.8) is 0 Å². The molecule has 1 aromatic carbocycles. The number of nitrogens with one attached hydrogen (secondary N) is 1. The lowest BCUT2D eigenvalue weighted by atomic mass is 10.2. The summed E-state index contributed by atoms with van der Waals surface area (Å²) in [6.07, 6.45) is 1.38. The predicted octanol–water partition coefficient (Wildman–Crippen LogP) is 3.57. The summed E-state index contributed by atoms with van der Waals surface area (Å²) in [5.41, 5.74) is 0.617. The fraction of sp³-hybridized carbons (Fsp3) is 0.231. The number of nitrogens with zero attached hydrogens (tertiary/aromatic N) is 3. The van der Waals surface area contributed by atoms with Gasteiger partial charge in [-0.1, -0.05) is 17.7 Å². The molecule has 0 aliphatic carbocycles. The molecule has 0 bridgehead atoms. The molecule has 0 saturated carbocycles. The number of hydrogen-bond acceptors (Lipinski definition) is 6. The summed E-state index contributed by atoms with van der Waals surface area (Å²) < 4.78 is 5.48. The predicted molar refractivity (Wildman–Crippen MR) is 79.1 cm³/mol. The smallest absolute Gasteiger partial charge is 0.311 e. The number of rotatable bonds is 5. The van der Waals surface area contributed by atoms with E-state index >= 15 is 0 Å². The van der Waals surface area contributed by atoms with E-state index in [9.17, 15) is 10.1 Å². The van der Waals surface area contributed by atoms with Crippen molar-refractivity contribution in [2.45, 2.75) is 13.8 Å². The summed E-state index contributed by atoms with van der Waals surface area (Å²) in [7, 11) is 0. The van der Waals surface area contributed by atoms with E-state index in [4.69, 9.17) is 16.3 Å². The number of anilines is 1. The second kappa shape index (κ2) is 6.36. The Balaban J connectivity index is 2.38. The molecule has 0 radical (unpaired) electrons. The van der Waals surface area contributed by atoms with Gasteiger partial charge in [-0.3, -0.25) is 10.1 Å². The van der Waals surface area contributed by atoms with Crippen LogP contribution >= 0.6 is 11.6 Å². The maximum Gasteiger partial charge on any atom is 0.311 e. The van der Waals surface area contributed by atoms with Gasteiger partial charge in [-0.2, -0.15) is 4.98 Å². The Hall–Kier alpha value is -2.41. The lowest BCUT2D eigenvalue weighted by Crippen LogP contribution is -2.03. The largest absolute Gasteiger partial charge is 0.430 e. The summed E-state index contributed by atoms with van der Waals surface area (Å²) in [6.45, 7) is 4.28. The van der Waals surface area contributed by atoms with E-state index < -0.39 is 4.92 Å². The third kappa shape index (κ3) is 3.57. The van der Waals surface area contributed by atoms with Crippen LogP contribution in [0.5, 0.6) is 11.6 Å². The van der Waals surface area contributed by atoms with Gasteiger partial charge >= 0.3 is 5.69 Å². The first-order valence-corrected chi connectivity index (χ1v) is 6.58. The Kier molecular flexibility index (Phi) is 4.54. The van der Waals surface area contributed by atoms with Crippen LogP contribution in [0.15, 0.2) is 24.4 Å². The van der Waals surface area contributed by atoms with Crippen molar-refractivity contribution in [1.29, 1.82) is 0 Å². The van der Waals surface area contributed by atoms with E-state index in [0.717, 1.165) is 5.56 Å². The number of aryl methyl sites for hydroxylation is 1. The first-order valence-electron chi connectivity index (χ1n) is 6.20. The molecule has 0 aliphatic heterocycles. The maximum atomic E-state index is 11.1. The van der Waals surface area contributed by atoms with Gasteiger partial charge in [-0.25, -0.2) is 4.98 Å². The standard InChI is InChI=1S/C13H13ClN4O3/c1-3-15-13-16-7-9(14)12(17-13)21-11-5-4-8(2)6-10(11)18(19)20/h4-7H,3H2,1-2H3,(H,15,16,17). The van der Waals surface area contributed by atoms with Crippen LogP contribution in [0.2, 0.25) is 5.02 Å². The molecule has 0 aliphatic rings. The molecular formula is C13H13ClN4O3. The molecule has 0 fully saturated rings. The van der Waals surface area contributed by atoms with E-state index in [-0.39, 0.29) is 22.3 Å². The van der Waals surface area contributed by atoms with Crippen LogP contribution in [0.1, 0.15) is 12.5 Å². The van der Waals surface area contributed by atoms with Gasteiger partial charge in [-0.05, 0) is 25.5 Å². The minimum atomic E-state index is -0.511. The van der Waals surface area contributed by atoms with Gasteiger partial charge in [0.1, 0.15) is 5.02 Å². The summed E-state index contributed by atoms with van der Waals surface area (Å²) in [4.78, 5) is 18.6. The Labute approximate surface area is 126 Å². The molecule has 0 spiro atoms. The highest BCUT2D eigenvalue weighted by molar-refractivity contribution is 6.31. The lowest BCUT2D eigenvalue weighted by molar-refractivity contribution is -0.385. The molecule has 2 rings (SSSR count). The quantitative estimate of drug-likeness (QED) is 0.670. The molecule has 0 saturated heterocycles. The average Bonchev–Trinajstić information content (AvgIpc) is 2.44.